The highest BCUT2D eigenvalue weighted by molar-refractivity contribution is 5.80. The summed E-state index contributed by atoms with van der Waals surface area (Å²) in [6, 6.07) is 18.2. The molecule has 1 fully saturated rings. The Morgan fingerprint density at radius 3 is 2.51 bits per heavy atom. The number of carbonyl (C=O) groups excluding carboxylic acids is 1. The van der Waals surface area contributed by atoms with Crippen molar-refractivity contribution in [1.29, 1.82) is 0 Å². The third kappa shape index (κ3) is 4.65. The zero-order valence-electron chi connectivity index (χ0n) is 19.1. The van der Waals surface area contributed by atoms with E-state index < -0.39 is 6.23 Å². The molecule has 178 valence electrons. The number of nitrogens with zero attached hydrogens (tertiary/aromatic N) is 3. The summed E-state index contributed by atoms with van der Waals surface area (Å²) < 4.78 is 35.0. The van der Waals surface area contributed by atoms with E-state index in [0.29, 0.717) is 46.7 Å². The van der Waals surface area contributed by atoms with Crippen LogP contribution in [0, 0.1) is 18.6 Å². The van der Waals surface area contributed by atoms with Gasteiger partial charge in [-0.1, -0.05) is 12.1 Å². The maximum absolute atomic E-state index is 13.9. The number of halogens is 2. The standard InChI is InChI=1S/C27H24F2N4O2/c1-17-14-22(10-11-24(17)29)33-15-23(26(31-33)19-4-6-20(28)7-5-19)27-32(25(34)16-35-27)13-12-18-2-8-21(30)9-3-18/h2-11,14-15,27H,12-13,16,30H2,1H3. The summed E-state index contributed by atoms with van der Waals surface area (Å²) in [5.74, 6) is -0.791. The molecule has 0 saturated carbocycles. The van der Waals surface area contributed by atoms with Crippen molar-refractivity contribution in [3.8, 4) is 16.9 Å². The van der Waals surface area contributed by atoms with Crippen LogP contribution in [0.3, 0.4) is 0 Å². The maximum Gasteiger partial charge on any atom is 0.250 e. The lowest BCUT2D eigenvalue weighted by atomic mass is 10.1. The summed E-state index contributed by atoms with van der Waals surface area (Å²) in [5.41, 5.74) is 10.6. The van der Waals surface area contributed by atoms with Crippen molar-refractivity contribution >= 4 is 11.6 Å². The number of aryl methyl sites for hydroxylation is 1. The molecule has 5 rings (SSSR count). The summed E-state index contributed by atoms with van der Waals surface area (Å²) in [5, 5.41) is 4.72. The van der Waals surface area contributed by atoms with Gasteiger partial charge in [-0.25, -0.2) is 13.5 Å². The average Bonchev–Trinajstić information content (AvgIpc) is 3.44. The molecule has 1 aliphatic heterocycles. The number of carbonyl (C=O) groups is 1. The van der Waals surface area contributed by atoms with Crippen LogP contribution in [0.4, 0.5) is 14.5 Å². The summed E-state index contributed by atoms with van der Waals surface area (Å²) in [4.78, 5) is 14.4. The molecule has 0 bridgehead atoms. The predicted octanol–water partition coefficient (Wildman–Crippen LogP) is 4.81. The predicted molar refractivity (Wildman–Crippen MR) is 129 cm³/mol. The van der Waals surface area contributed by atoms with E-state index in [0.717, 1.165) is 5.56 Å². The lowest BCUT2D eigenvalue weighted by molar-refractivity contribution is -0.128. The molecule has 0 radical (unpaired) electrons. The lowest BCUT2D eigenvalue weighted by Crippen LogP contribution is -2.30. The van der Waals surface area contributed by atoms with Crippen molar-refractivity contribution < 1.29 is 18.3 Å². The van der Waals surface area contributed by atoms with Crippen LogP contribution in [0.5, 0.6) is 0 Å². The van der Waals surface area contributed by atoms with Crippen LogP contribution in [0.1, 0.15) is 22.9 Å². The molecule has 0 spiro atoms. The summed E-state index contributed by atoms with van der Waals surface area (Å²) in [7, 11) is 0. The van der Waals surface area contributed by atoms with Gasteiger partial charge in [0.2, 0.25) is 0 Å². The molecule has 1 amide bonds. The van der Waals surface area contributed by atoms with Gasteiger partial charge in [-0.3, -0.25) is 4.79 Å². The Kier molecular flexibility index (Phi) is 6.05. The lowest BCUT2D eigenvalue weighted by Gasteiger charge is -2.23. The fraction of sp³-hybridized carbons (Fsp3) is 0.185. The van der Waals surface area contributed by atoms with E-state index in [9.17, 15) is 13.6 Å². The number of benzene rings is 3. The Bertz CT molecular complexity index is 1370. The summed E-state index contributed by atoms with van der Waals surface area (Å²) >= 11 is 0. The van der Waals surface area contributed by atoms with Crippen LogP contribution >= 0.6 is 0 Å². The van der Waals surface area contributed by atoms with Crippen LogP contribution in [0.25, 0.3) is 16.9 Å². The molecule has 1 saturated heterocycles. The van der Waals surface area contributed by atoms with Gasteiger partial charge >= 0.3 is 0 Å². The number of hydrogen-bond acceptors (Lipinski definition) is 4. The number of hydrogen-bond donors (Lipinski definition) is 1. The van der Waals surface area contributed by atoms with Crippen molar-refractivity contribution in [2.75, 3.05) is 18.9 Å². The molecule has 1 aliphatic rings. The van der Waals surface area contributed by atoms with Gasteiger partial charge in [0.05, 0.1) is 5.69 Å². The van der Waals surface area contributed by atoms with E-state index in [2.05, 4.69) is 0 Å². The van der Waals surface area contributed by atoms with E-state index >= 15 is 0 Å². The molecular formula is C27H24F2N4O2. The van der Waals surface area contributed by atoms with Crippen LogP contribution in [0.2, 0.25) is 0 Å². The monoisotopic (exact) mass is 474 g/mol. The topological polar surface area (TPSA) is 73.4 Å². The van der Waals surface area contributed by atoms with Crippen molar-refractivity contribution in [3.63, 3.8) is 0 Å². The molecular weight excluding hydrogens is 450 g/mol. The van der Waals surface area contributed by atoms with E-state index in [1.165, 1.54) is 18.2 Å². The van der Waals surface area contributed by atoms with Gasteiger partial charge < -0.3 is 15.4 Å². The second kappa shape index (κ2) is 9.31. The first-order chi connectivity index (χ1) is 16.9. The molecule has 2 N–H and O–H groups in total. The third-order valence-corrected chi connectivity index (χ3v) is 6.12. The molecule has 1 atom stereocenters. The normalized spacial score (nSPS) is 15.7. The molecule has 4 aromatic rings. The number of nitrogens with two attached hydrogens (primary N) is 1. The van der Waals surface area contributed by atoms with Gasteiger partial charge in [0.15, 0.2) is 6.23 Å². The zero-order valence-corrected chi connectivity index (χ0v) is 19.1. The van der Waals surface area contributed by atoms with Gasteiger partial charge in [-0.2, -0.15) is 5.10 Å². The number of amides is 1. The van der Waals surface area contributed by atoms with Gasteiger partial charge in [0.1, 0.15) is 23.9 Å². The Morgan fingerprint density at radius 2 is 1.80 bits per heavy atom. The second-order valence-corrected chi connectivity index (χ2v) is 8.56. The average molecular weight is 475 g/mol. The molecule has 3 aromatic carbocycles. The third-order valence-electron chi connectivity index (χ3n) is 6.12. The van der Waals surface area contributed by atoms with E-state index in [1.807, 2.05) is 24.3 Å². The number of rotatable bonds is 6. The first kappa shape index (κ1) is 22.7. The second-order valence-electron chi connectivity index (χ2n) is 8.56. The Balaban J connectivity index is 1.52. The Hall–Kier alpha value is -4.04. The number of anilines is 1. The fourth-order valence-corrected chi connectivity index (χ4v) is 4.19. The highest BCUT2D eigenvalue weighted by atomic mass is 19.1. The van der Waals surface area contributed by atoms with Crippen molar-refractivity contribution in [2.45, 2.75) is 19.6 Å². The maximum atomic E-state index is 13.9. The van der Waals surface area contributed by atoms with Crippen LogP contribution in [-0.2, 0) is 16.0 Å². The highest BCUT2D eigenvalue weighted by Crippen LogP contribution is 2.35. The quantitative estimate of drug-likeness (QED) is 0.407. The van der Waals surface area contributed by atoms with Crippen LogP contribution in [0.15, 0.2) is 72.9 Å². The van der Waals surface area contributed by atoms with E-state index in [4.69, 9.17) is 15.6 Å². The molecule has 6 nitrogen and oxygen atoms in total. The van der Waals surface area contributed by atoms with Crippen molar-refractivity contribution in [3.05, 3.63) is 101 Å². The minimum atomic E-state index is -0.661. The minimum absolute atomic E-state index is 0.0455. The van der Waals surface area contributed by atoms with Gasteiger partial charge in [-0.15, -0.1) is 0 Å². The molecule has 8 heteroatoms. The smallest absolute Gasteiger partial charge is 0.250 e. The van der Waals surface area contributed by atoms with Crippen LogP contribution in [-0.4, -0.2) is 33.7 Å². The van der Waals surface area contributed by atoms with E-state index in [1.54, 1.807) is 47.0 Å². The van der Waals surface area contributed by atoms with Gasteiger partial charge in [-0.05, 0) is 79.1 Å². The van der Waals surface area contributed by atoms with Gasteiger partial charge in [0.25, 0.3) is 5.91 Å². The van der Waals surface area contributed by atoms with Gasteiger partial charge in [0, 0.05) is 29.6 Å². The first-order valence-corrected chi connectivity index (χ1v) is 11.3. The summed E-state index contributed by atoms with van der Waals surface area (Å²) in [6.07, 6.45) is 1.75. The molecule has 2 heterocycles. The SMILES string of the molecule is Cc1cc(-n2cc(C3OCC(=O)N3CCc3ccc(N)cc3)c(-c3ccc(F)cc3)n2)ccc1F. The molecule has 1 aromatic heterocycles. The highest BCUT2D eigenvalue weighted by Gasteiger charge is 2.36. The minimum Gasteiger partial charge on any atom is -0.399 e. The van der Waals surface area contributed by atoms with E-state index in [-0.39, 0.29) is 24.1 Å². The largest absolute Gasteiger partial charge is 0.399 e. The summed E-state index contributed by atoms with van der Waals surface area (Å²) in [6.45, 7) is 2.08. The van der Waals surface area contributed by atoms with Crippen molar-refractivity contribution in [1.82, 2.24) is 14.7 Å². The van der Waals surface area contributed by atoms with Crippen molar-refractivity contribution in [2.24, 2.45) is 0 Å². The first-order valence-electron chi connectivity index (χ1n) is 11.3. The number of nitrogen functional groups attached to an aromatic ring is 1. The Labute approximate surface area is 201 Å². The fourth-order valence-electron chi connectivity index (χ4n) is 4.19. The number of aromatic nitrogens is 2. The number of ether oxygens (including phenoxy) is 1. The van der Waals surface area contributed by atoms with Crippen LogP contribution < -0.4 is 5.73 Å². The molecule has 1 unspecified atom stereocenters. The molecule has 35 heavy (non-hydrogen) atoms. The zero-order chi connectivity index (χ0) is 24.5. The molecule has 0 aliphatic carbocycles. The Morgan fingerprint density at radius 1 is 1.06 bits per heavy atom.